The SMILES string of the molecule is CCc1ccc(C(=O)NCC(C)(C)CCCO)cc1. The Kier molecular flexibility index (Phi) is 6.03. The number of amides is 1. The van der Waals surface area contributed by atoms with Crippen molar-refractivity contribution in [3.63, 3.8) is 0 Å². The van der Waals surface area contributed by atoms with Gasteiger partial charge in [0.25, 0.3) is 5.91 Å². The van der Waals surface area contributed by atoms with E-state index in [0.29, 0.717) is 12.1 Å². The first kappa shape index (κ1) is 15.7. The van der Waals surface area contributed by atoms with Gasteiger partial charge in [-0.05, 0) is 42.4 Å². The minimum Gasteiger partial charge on any atom is -0.396 e. The highest BCUT2D eigenvalue weighted by molar-refractivity contribution is 5.94. The van der Waals surface area contributed by atoms with Crippen molar-refractivity contribution in [3.05, 3.63) is 35.4 Å². The maximum Gasteiger partial charge on any atom is 0.251 e. The van der Waals surface area contributed by atoms with Crippen LogP contribution in [0.5, 0.6) is 0 Å². The lowest BCUT2D eigenvalue weighted by Crippen LogP contribution is -2.34. The van der Waals surface area contributed by atoms with Crippen molar-refractivity contribution in [2.75, 3.05) is 13.2 Å². The van der Waals surface area contributed by atoms with Crippen LogP contribution in [0.4, 0.5) is 0 Å². The molecule has 3 heteroatoms. The summed E-state index contributed by atoms with van der Waals surface area (Å²) in [7, 11) is 0. The molecular weight excluding hydrogens is 238 g/mol. The number of benzene rings is 1. The maximum atomic E-state index is 12.0. The Bertz CT molecular complexity index is 396. The molecule has 3 nitrogen and oxygen atoms in total. The molecule has 0 aliphatic heterocycles. The Hall–Kier alpha value is -1.35. The Labute approximate surface area is 116 Å². The molecule has 2 N–H and O–H groups in total. The lowest BCUT2D eigenvalue weighted by molar-refractivity contribution is 0.0933. The molecule has 106 valence electrons. The topological polar surface area (TPSA) is 49.3 Å². The van der Waals surface area contributed by atoms with E-state index in [1.807, 2.05) is 24.3 Å². The predicted octanol–water partition coefficient (Wildman–Crippen LogP) is 2.78. The predicted molar refractivity (Wildman–Crippen MR) is 78.3 cm³/mol. The molecule has 1 amide bonds. The summed E-state index contributed by atoms with van der Waals surface area (Å²) in [5, 5.41) is 11.8. The van der Waals surface area contributed by atoms with Crippen LogP contribution in [0.2, 0.25) is 0 Å². The number of hydrogen-bond donors (Lipinski definition) is 2. The van der Waals surface area contributed by atoms with Crippen LogP contribution in [0.25, 0.3) is 0 Å². The standard InChI is InChI=1S/C16H25NO2/c1-4-13-6-8-14(9-7-13)15(19)17-12-16(2,3)10-5-11-18/h6-9,18H,4-5,10-12H2,1-3H3,(H,17,19). The van der Waals surface area contributed by atoms with Gasteiger partial charge >= 0.3 is 0 Å². The van der Waals surface area contributed by atoms with Gasteiger partial charge < -0.3 is 10.4 Å². The molecular formula is C16H25NO2. The molecule has 0 heterocycles. The highest BCUT2D eigenvalue weighted by Crippen LogP contribution is 2.20. The molecule has 1 rings (SSSR count). The van der Waals surface area contributed by atoms with Crippen molar-refractivity contribution in [2.45, 2.75) is 40.0 Å². The van der Waals surface area contributed by atoms with Crippen molar-refractivity contribution in [2.24, 2.45) is 5.41 Å². The maximum absolute atomic E-state index is 12.0. The molecule has 0 aliphatic rings. The first-order chi connectivity index (χ1) is 8.98. The molecule has 0 radical (unpaired) electrons. The lowest BCUT2D eigenvalue weighted by Gasteiger charge is -2.24. The van der Waals surface area contributed by atoms with Crippen molar-refractivity contribution in [1.82, 2.24) is 5.32 Å². The van der Waals surface area contributed by atoms with Gasteiger partial charge in [0, 0.05) is 18.7 Å². The van der Waals surface area contributed by atoms with Crippen molar-refractivity contribution in [3.8, 4) is 0 Å². The zero-order valence-electron chi connectivity index (χ0n) is 12.2. The van der Waals surface area contributed by atoms with Gasteiger partial charge in [0.2, 0.25) is 0 Å². The van der Waals surface area contributed by atoms with Gasteiger partial charge in [0.15, 0.2) is 0 Å². The molecule has 19 heavy (non-hydrogen) atoms. The Morgan fingerprint density at radius 2 is 1.89 bits per heavy atom. The van der Waals surface area contributed by atoms with Gasteiger partial charge in [-0.25, -0.2) is 0 Å². The molecule has 0 aliphatic carbocycles. The van der Waals surface area contributed by atoms with Crippen LogP contribution in [0.3, 0.4) is 0 Å². The fourth-order valence-electron chi connectivity index (χ4n) is 1.96. The van der Waals surface area contributed by atoms with Crippen molar-refractivity contribution >= 4 is 5.91 Å². The van der Waals surface area contributed by atoms with Gasteiger partial charge in [0.1, 0.15) is 0 Å². The zero-order valence-corrected chi connectivity index (χ0v) is 12.2. The first-order valence-corrected chi connectivity index (χ1v) is 6.96. The third-order valence-corrected chi connectivity index (χ3v) is 3.36. The van der Waals surface area contributed by atoms with Crippen LogP contribution in [0, 0.1) is 5.41 Å². The number of nitrogens with one attached hydrogen (secondary N) is 1. The number of rotatable bonds is 7. The summed E-state index contributed by atoms with van der Waals surface area (Å²) < 4.78 is 0. The number of hydrogen-bond acceptors (Lipinski definition) is 2. The third kappa shape index (κ3) is 5.43. The number of carbonyl (C=O) groups is 1. The second-order valence-corrected chi connectivity index (χ2v) is 5.72. The van der Waals surface area contributed by atoms with E-state index in [1.165, 1.54) is 5.56 Å². The minimum absolute atomic E-state index is 0.0156. The number of aryl methyl sites for hydroxylation is 1. The van der Waals surface area contributed by atoms with Crippen LogP contribution in [0.1, 0.15) is 49.5 Å². The van der Waals surface area contributed by atoms with Crippen LogP contribution < -0.4 is 5.32 Å². The summed E-state index contributed by atoms with van der Waals surface area (Å²) in [4.78, 5) is 12.0. The van der Waals surface area contributed by atoms with E-state index in [0.717, 1.165) is 19.3 Å². The molecule has 0 atom stereocenters. The van der Waals surface area contributed by atoms with E-state index in [1.54, 1.807) is 0 Å². The summed E-state index contributed by atoms with van der Waals surface area (Å²) in [6, 6.07) is 7.72. The summed E-state index contributed by atoms with van der Waals surface area (Å²) >= 11 is 0. The first-order valence-electron chi connectivity index (χ1n) is 6.96. The Balaban J connectivity index is 2.50. The quantitative estimate of drug-likeness (QED) is 0.794. The van der Waals surface area contributed by atoms with Gasteiger partial charge in [-0.15, -0.1) is 0 Å². The van der Waals surface area contributed by atoms with Crippen molar-refractivity contribution in [1.29, 1.82) is 0 Å². The Morgan fingerprint density at radius 3 is 2.42 bits per heavy atom. The fraction of sp³-hybridized carbons (Fsp3) is 0.562. The minimum atomic E-state index is -0.0280. The third-order valence-electron chi connectivity index (χ3n) is 3.36. The summed E-state index contributed by atoms with van der Waals surface area (Å²) in [6.07, 6.45) is 2.66. The lowest BCUT2D eigenvalue weighted by atomic mass is 9.88. The van der Waals surface area contributed by atoms with E-state index in [2.05, 4.69) is 26.1 Å². The molecule has 0 bridgehead atoms. The smallest absolute Gasteiger partial charge is 0.251 e. The molecule has 1 aromatic rings. The molecule has 1 aromatic carbocycles. The summed E-state index contributed by atoms with van der Waals surface area (Å²) in [5.41, 5.74) is 1.96. The van der Waals surface area contributed by atoms with Crippen LogP contribution in [-0.2, 0) is 6.42 Å². The highest BCUT2D eigenvalue weighted by Gasteiger charge is 2.18. The number of aliphatic hydroxyl groups excluding tert-OH is 1. The monoisotopic (exact) mass is 263 g/mol. The molecule has 0 saturated carbocycles. The second kappa shape index (κ2) is 7.29. The fourth-order valence-corrected chi connectivity index (χ4v) is 1.96. The normalized spacial score (nSPS) is 11.4. The summed E-state index contributed by atoms with van der Waals surface area (Å²) in [6.45, 7) is 7.13. The molecule has 0 fully saturated rings. The van der Waals surface area contributed by atoms with E-state index >= 15 is 0 Å². The number of aliphatic hydroxyl groups is 1. The van der Waals surface area contributed by atoms with Gasteiger partial charge in [-0.3, -0.25) is 4.79 Å². The second-order valence-electron chi connectivity index (χ2n) is 5.72. The highest BCUT2D eigenvalue weighted by atomic mass is 16.2. The largest absolute Gasteiger partial charge is 0.396 e. The Morgan fingerprint density at radius 1 is 1.26 bits per heavy atom. The summed E-state index contributed by atoms with van der Waals surface area (Å²) in [5.74, 6) is -0.0280. The molecule has 0 aromatic heterocycles. The zero-order chi connectivity index (χ0) is 14.3. The van der Waals surface area contributed by atoms with Crippen LogP contribution >= 0.6 is 0 Å². The average Bonchev–Trinajstić information content (AvgIpc) is 2.43. The average molecular weight is 263 g/mol. The van der Waals surface area contributed by atoms with Gasteiger partial charge in [0.05, 0.1) is 0 Å². The van der Waals surface area contributed by atoms with Crippen LogP contribution in [-0.4, -0.2) is 24.2 Å². The van der Waals surface area contributed by atoms with Gasteiger partial charge in [-0.1, -0.05) is 32.9 Å². The van der Waals surface area contributed by atoms with Crippen molar-refractivity contribution < 1.29 is 9.90 Å². The molecule has 0 saturated heterocycles. The van der Waals surface area contributed by atoms with E-state index in [4.69, 9.17) is 5.11 Å². The molecule has 0 unspecified atom stereocenters. The van der Waals surface area contributed by atoms with E-state index in [-0.39, 0.29) is 17.9 Å². The number of carbonyl (C=O) groups excluding carboxylic acids is 1. The van der Waals surface area contributed by atoms with Gasteiger partial charge in [-0.2, -0.15) is 0 Å². The van der Waals surface area contributed by atoms with E-state index < -0.39 is 0 Å². The molecule has 0 spiro atoms. The van der Waals surface area contributed by atoms with E-state index in [9.17, 15) is 4.79 Å². The van der Waals surface area contributed by atoms with Crippen LogP contribution in [0.15, 0.2) is 24.3 Å².